The molecule has 1 unspecified atom stereocenters. The van der Waals surface area contributed by atoms with E-state index in [0.29, 0.717) is 0 Å². The molecule has 1 saturated carbocycles. The normalized spacial score (nSPS) is 35.3. The third kappa shape index (κ3) is 2.72. The molecule has 0 aromatic carbocycles. The van der Waals surface area contributed by atoms with Crippen molar-refractivity contribution in [2.24, 2.45) is 0 Å². The number of hydrogen-bond acceptors (Lipinski definition) is 4. The SMILES string of the molecule is CC1(O)CCN(CC2COC3(CCCC3)O2)CC1. The Morgan fingerprint density at radius 1 is 1.17 bits per heavy atom. The zero-order chi connectivity index (χ0) is 12.6. The fraction of sp³-hybridized carbons (Fsp3) is 1.00. The molecule has 2 saturated heterocycles. The summed E-state index contributed by atoms with van der Waals surface area (Å²) in [7, 11) is 0. The van der Waals surface area contributed by atoms with Crippen molar-refractivity contribution in [3.63, 3.8) is 0 Å². The van der Waals surface area contributed by atoms with Gasteiger partial charge in [-0.3, -0.25) is 0 Å². The third-order valence-electron chi connectivity index (χ3n) is 4.67. The van der Waals surface area contributed by atoms with Crippen LogP contribution in [-0.2, 0) is 9.47 Å². The molecule has 2 heterocycles. The van der Waals surface area contributed by atoms with Gasteiger partial charge in [0.25, 0.3) is 0 Å². The first-order valence-electron chi connectivity index (χ1n) is 7.34. The molecule has 2 aliphatic heterocycles. The van der Waals surface area contributed by atoms with E-state index in [1.807, 2.05) is 6.92 Å². The van der Waals surface area contributed by atoms with Gasteiger partial charge in [-0.15, -0.1) is 0 Å². The van der Waals surface area contributed by atoms with E-state index in [1.165, 1.54) is 12.8 Å². The molecule has 104 valence electrons. The van der Waals surface area contributed by atoms with Gasteiger partial charge >= 0.3 is 0 Å². The quantitative estimate of drug-likeness (QED) is 0.812. The molecule has 1 N–H and O–H groups in total. The summed E-state index contributed by atoms with van der Waals surface area (Å²) in [6.45, 7) is 5.58. The lowest BCUT2D eigenvalue weighted by Gasteiger charge is -2.36. The first-order chi connectivity index (χ1) is 8.57. The summed E-state index contributed by atoms with van der Waals surface area (Å²) >= 11 is 0. The Kier molecular flexibility index (Phi) is 3.39. The number of likely N-dealkylation sites (tertiary alicyclic amines) is 1. The summed E-state index contributed by atoms with van der Waals surface area (Å²) in [6.07, 6.45) is 6.57. The molecule has 1 aliphatic carbocycles. The van der Waals surface area contributed by atoms with Crippen LogP contribution in [0.1, 0.15) is 45.4 Å². The van der Waals surface area contributed by atoms with Gasteiger partial charge in [0.05, 0.1) is 18.3 Å². The van der Waals surface area contributed by atoms with E-state index in [0.717, 1.165) is 51.9 Å². The lowest BCUT2D eigenvalue weighted by atomic mass is 9.94. The van der Waals surface area contributed by atoms with Crippen molar-refractivity contribution in [2.75, 3.05) is 26.2 Å². The number of aliphatic hydroxyl groups is 1. The van der Waals surface area contributed by atoms with E-state index in [9.17, 15) is 5.11 Å². The molecule has 4 nitrogen and oxygen atoms in total. The minimum absolute atomic E-state index is 0.228. The summed E-state index contributed by atoms with van der Waals surface area (Å²) in [5.41, 5.74) is -0.462. The predicted octanol–water partition coefficient (Wildman–Crippen LogP) is 1.52. The highest BCUT2D eigenvalue weighted by atomic mass is 16.7. The van der Waals surface area contributed by atoms with Crippen LogP contribution in [0.25, 0.3) is 0 Å². The number of nitrogens with zero attached hydrogens (tertiary/aromatic N) is 1. The van der Waals surface area contributed by atoms with Gasteiger partial charge in [0.15, 0.2) is 5.79 Å². The molecule has 18 heavy (non-hydrogen) atoms. The Bertz CT molecular complexity index is 289. The van der Waals surface area contributed by atoms with Gasteiger partial charge in [-0.2, -0.15) is 0 Å². The molecular formula is C14H25NO3. The first-order valence-corrected chi connectivity index (χ1v) is 7.34. The fourth-order valence-corrected chi connectivity index (χ4v) is 3.39. The van der Waals surface area contributed by atoms with Crippen LogP contribution in [0.3, 0.4) is 0 Å². The molecule has 4 heteroatoms. The van der Waals surface area contributed by atoms with E-state index < -0.39 is 5.60 Å². The number of rotatable bonds is 2. The van der Waals surface area contributed by atoms with E-state index in [2.05, 4.69) is 4.90 Å². The lowest BCUT2D eigenvalue weighted by molar-refractivity contribution is -0.164. The van der Waals surface area contributed by atoms with Crippen molar-refractivity contribution in [3.8, 4) is 0 Å². The van der Waals surface area contributed by atoms with E-state index in [4.69, 9.17) is 9.47 Å². The first kappa shape index (κ1) is 12.9. The van der Waals surface area contributed by atoms with Gasteiger partial charge in [-0.1, -0.05) is 0 Å². The minimum atomic E-state index is -0.462. The maximum absolute atomic E-state index is 9.94. The molecule has 0 aromatic rings. The van der Waals surface area contributed by atoms with Crippen LogP contribution in [0.15, 0.2) is 0 Å². The highest BCUT2D eigenvalue weighted by molar-refractivity contribution is 4.87. The molecular weight excluding hydrogens is 230 g/mol. The molecule has 0 radical (unpaired) electrons. The molecule has 0 amide bonds. The monoisotopic (exact) mass is 255 g/mol. The van der Waals surface area contributed by atoms with Gasteiger partial charge < -0.3 is 19.5 Å². The van der Waals surface area contributed by atoms with Crippen molar-refractivity contribution < 1.29 is 14.6 Å². The fourth-order valence-electron chi connectivity index (χ4n) is 3.39. The second-order valence-electron chi connectivity index (χ2n) is 6.47. The van der Waals surface area contributed by atoms with Crippen LogP contribution in [0.5, 0.6) is 0 Å². The Balaban J connectivity index is 1.47. The Morgan fingerprint density at radius 2 is 1.83 bits per heavy atom. The van der Waals surface area contributed by atoms with Gasteiger partial charge in [-0.05, 0) is 32.6 Å². The number of hydrogen-bond donors (Lipinski definition) is 1. The Labute approximate surface area is 109 Å². The van der Waals surface area contributed by atoms with Crippen LogP contribution >= 0.6 is 0 Å². The average molecular weight is 255 g/mol. The van der Waals surface area contributed by atoms with Crippen LogP contribution in [0, 0.1) is 0 Å². The second-order valence-corrected chi connectivity index (χ2v) is 6.47. The van der Waals surface area contributed by atoms with Crippen LogP contribution < -0.4 is 0 Å². The van der Waals surface area contributed by atoms with Crippen LogP contribution in [0.2, 0.25) is 0 Å². The Morgan fingerprint density at radius 3 is 2.50 bits per heavy atom. The number of piperidine rings is 1. The smallest absolute Gasteiger partial charge is 0.168 e. The zero-order valence-corrected chi connectivity index (χ0v) is 11.4. The standard InChI is InChI=1S/C14H25NO3/c1-13(16)6-8-15(9-7-13)10-12-11-17-14(18-12)4-2-3-5-14/h12,16H,2-11H2,1H3. The second kappa shape index (κ2) is 4.75. The summed E-state index contributed by atoms with van der Waals surface area (Å²) in [5.74, 6) is -0.230. The predicted molar refractivity (Wildman–Crippen MR) is 68.3 cm³/mol. The van der Waals surface area contributed by atoms with Crippen molar-refractivity contribution in [1.82, 2.24) is 4.90 Å². The maximum atomic E-state index is 9.94. The summed E-state index contributed by atoms with van der Waals surface area (Å²) in [5, 5.41) is 9.94. The van der Waals surface area contributed by atoms with Crippen LogP contribution in [-0.4, -0.2) is 53.7 Å². The molecule has 1 spiro atoms. The van der Waals surface area contributed by atoms with Crippen molar-refractivity contribution >= 4 is 0 Å². The van der Waals surface area contributed by atoms with Gasteiger partial charge in [-0.25, -0.2) is 0 Å². The van der Waals surface area contributed by atoms with Crippen molar-refractivity contribution in [2.45, 2.75) is 62.9 Å². The molecule has 1 atom stereocenters. The third-order valence-corrected chi connectivity index (χ3v) is 4.67. The highest BCUT2D eigenvalue weighted by Crippen LogP contribution is 2.39. The van der Waals surface area contributed by atoms with Crippen molar-refractivity contribution in [3.05, 3.63) is 0 Å². The Hall–Kier alpha value is -0.160. The van der Waals surface area contributed by atoms with E-state index in [1.54, 1.807) is 0 Å². The largest absolute Gasteiger partial charge is 0.390 e. The summed E-state index contributed by atoms with van der Waals surface area (Å²) in [6, 6.07) is 0. The van der Waals surface area contributed by atoms with Crippen LogP contribution in [0.4, 0.5) is 0 Å². The summed E-state index contributed by atoms with van der Waals surface area (Å²) in [4.78, 5) is 2.40. The lowest BCUT2D eigenvalue weighted by Crippen LogP contribution is -2.45. The molecule has 3 fully saturated rings. The van der Waals surface area contributed by atoms with Gasteiger partial charge in [0.1, 0.15) is 0 Å². The zero-order valence-electron chi connectivity index (χ0n) is 11.4. The minimum Gasteiger partial charge on any atom is -0.390 e. The van der Waals surface area contributed by atoms with Gasteiger partial charge in [0.2, 0.25) is 0 Å². The van der Waals surface area contributed by atoms with E-state index in [-0.39, 0.29) is 11.9 Å². The van der Waals surface area contributed by atoms with Gasteiger partial charge in [0, 0.05) is 32.5 Å². The topological polar surface area (TPSA) is 41.9 Å². The summed E-state index contributed by atoms with van der Waals surface area (Å²) < 4.78 is 12.0. The molecule has 0 bridgehead atoms. The van der Waals surface area contributed by atoms with E-state index >= 15 is 0 Å². The average Bonchev–Trinajstić information content (AvgIpc) is 2.93. The van der Waals surface area contributed by atoms with Crippen molar-refractivity contribution in [1.29, 1.82) is 0 Å². The molecule has 3 rings (SSSR count). The molecule has 0 aromatic heterocycles. The maximum Gasteiger partial charge on any atom is 0.168 e. The molecule has 3 aliphatic rings. The highest BCUT2D eigenvalue weighted by Gasteiger charge is 2.44. The number of ether oxygens (including phenoxy) is 2.